The van der Waals surface area contributed by atoms with Crippen molar-refractivity contribution in [2.75, 3.05) is 13.7 Å². The predicted octanol–water partition coefficient (Wildman–Crippen LogP) is 2.36. The summed E-state index contributed by atoms with van der Waals surface area (Å²) in [5, 5.41) is 2.64. The molecule has 6 heteroatoms. The van der Waals surface area contributed by atoms with Crippen molar-refractivity contribution in [1.82, 2.24) is 5.32 Å². The lowest BCUT2D eigenvalue weighted by Gasteiger charge is -2.06. The molecule has 4 nitrogen and oxygen atoms in total. The summed E-state index contributed by atoms with van der Waals surface area (Å²) in [5.41, 5.74) is 0.0400. The summed E-state index contributed by atoms with van der Waals surface area (Å²) in [4.78, 5) is 22.4. The fraction of sp³-hybridized carbons (Fsp3) is 0.467. The number of hydrogen-bond donors (Lipinski definition) is 1. The first kappa shape index (κ1) is 17.1. The smallest absolute Gasteiger partial charge is 0.305 e. The molecular weight excluding hydrogens is 280 g/mol. The highest BCUT2D eigenvalue weighted by Crippen LogP contribution is 2.11. The van der Waals surface area contributed by atoms with Crippen LogP contribution in [0.4, 0.5) is 8.78 Å². The van der Waals surface area contributed by atoms with E-state index in [1.807, 2.05) is 0 Å². The summed E-state index contributed by atoms with van der Waals surface area (Å²) in [7, 11) is 1.34. The molecule has 0 aliphatic heterocycles. The number of esters is 1. The Hall–Kier alpha value is -1.98. The number of benzene rings is 1. The van der Waals surface area contributed by atoms with Crippen LogP contribution in [0.1, 0.15) is 31.2 Å². The Balaban J connectivity index is 2.20. The lowest BCUT2D eigenvalue weighted by molar-refractivity contribution is -0.140. The van der Waals surface area contributed by atoms with Crippen LogP contribution in [0, 0.1) is 11.6 Å². The molecule has 0 radical (unpaired) electrons. The van der Waals surface area contributed by atoms with Crippen molar-refractivity contribution in [3.63, 3.8) is 0 Å². The van der Waals surface area contributed by atoms with Crippen molar-refractivity contribution in [3.8, 4) is 0 Å². The van der Waals surface area contributed by atoms with E-state index in [2.05, 4.69) is 10.1 Å². The van der Waals surface area contributed by atoms with Gasteiger partial charge in [-0.1, -0.05) is 18.6 Å². The second kappa shape index (κ2) is 9.05. The Bertz CT molecular complexity index is 492. The molecular formula is C15H19F2NO3. The minimum absolute atomic E-state index is 0.0400. The van der Waals surface area contributed by atoms with Crippen molar-refractivity contribution in [1.29, 1.82) is 0 Å². The van der Waals surface area contributed by atoms with Gasteiger partial charge in [0, 0.05) is 18.5 Å². The molecule has 1 rings (SSSR count). The van der Waals surface area contributed by atoms with Gasteiger partial charge in [-0.2, -0.15) is 0 Å². The molecule has 0 saturated carbocycles. The van der Waals surface area contributed by atoms with Crippen LogP contribution in [0.3, 0.4) is 0 Å². The quantitative estimate of drug-likeness (QED) is 0.592. The maximum Gasteiger partial charge on any atom is 0.305 e. The van der Waals surface area contributed by atoms with E-state index in [0.29, 0.717) is 25.8 Å². The van der Waals surface area contributed by atoms with Gasteiger partial charge < -0.3 is 10.1 Å². The number of hydrogen-bond acceptors (Lipinski definition) is 3. The molecule has 0 heterocycles. The second-order valence-electron chi connectivity index (χ2n) is 4.63. The van der Waals surface area contributed by atoms with Crippen molar-refractivity contribution in [3.05, 3.63) is 35.4 Å². The lowest BCUT2D eigenvalue weighted by atomic mass is 10.1. The molecule has 0 bridgehead atoms. The van der Waals surface area contributed by atoms with Crippen molar-refractivity contribution >= 4 is 11.9 Å². The normalized spacial score (nSPS) is 10.2. The van der Waals surface area contributed by atoms with Crippen molar-refractivity contribution < 1.29 is 23.1 Å². The molecule has 0 spiro atoms. The Labute approximate surface area is 122 Å². The molecule has 1 N–H and O–H groups in total. The Morgan fingerprint density at radius 1 is 1.19 bits per heavy atom. The summed E-state index contributed by atoms with van der Waals surface area (Å²) >= 11 is 0. The first-order valence-electron chi connectivity index (χ1n) is 6.81. The van der Waals surface area contributed by atoms with Crippen LogP contribution in [0.5, 0.6) is 0 Å². The highest BCUT2D eigenvalue weighted by atomic mass is 19.2. The van der Waals surface area contributed by atoms with Gasteiger partial charge >= 0.3 is 5.97 Å². The number of nitrogens with one attached hydrogen (secondary N) is 1. The third-order valence-corrected chi connectivity index (χ3v) is 2.99. The average Bonchev–Trinajstić information content (AvgIpc) is 2.47. The van der Waals surface area contributed by atoms with Crippen LogP contribution in [0.15, 0.2) is 18.2 Å². The summed E-state index contributed by atoms with van der Waals surface area (Å²) in [6.07, 6.45) is 2.36. The SMILES string of the molecule is COC(=O)CCCCCNC(=O)Cc1cccc(F)c1F. The van der Waals surface area contributed by atoms with Gasteiger partial charge in [0.05, 0.1) is 13.5 Å². The molecule has 0 aromatic heterocycles. The van der Waals surface area contributed by atoms with E-state index in [4.69, 9.17) is 0 Å². The molecule has 0 saturated heterocycles. The zero-order valence-electron chi connectivity index (χ0n) is 12.0. The topological polar surface area (TPSA) is 55.4 Å². The zero-order valence-corrected chi connectivity index (χ0v) is 12.0. The number of rotatable bonds is 8. The van der Waals surface area contributed by atoms with Gasteiger partial charge in [0.25, 0.3) is 0 Å². The largest absolute Gasteiger partial charge is 0.469 e. The maximum absolute atomic E-state index is 13.4. The molecule has 0 atom stereocenters. The van der Waals surface area contributed by atoms with Crippen molar-refractivity contribution in [2.24, 2.45) is 0 Å². The highest BCUT2D eigenvalue weighted by molar-refractivity contribution is 5.78. The lowest BCUT2D eigenvalue weighted by Crippen LogP contribution is -2.26. The third-order valence-electron chi connectivity index (χ3n) is 2.99. The van der Waals surface area contributed by atoms with E-state index in [9.17, 15) is 18.4 Å². The summed E-state index contributed by atoms with van der Waals surface area (Å²) in [6, 6.07) is 3.76. The predicted molar refractivity (Wildman–Crippen MR) is 73.6 cm³/mol. The van der Waals surface area contributed by atoms with Crippen LogP contribution in [-0.2, 0) is 20.7 Å². The third kappa shape index (κ3) is 6.33. The van der Waals surface area contributed by atoms with E-state index in [1.165, 1.54) is 19.2 Å². The van der Waals surface area contributed by atoms with Gasteiger partial charge in [0.15, 0.2) is 11.6 Å². The molecule has 0 aliphatic rings. The fourth-order valence-electron chi connectivity index (χ4n) is 1.82. The molecule has 1 aromatic rings. The van der Waals surface area contributed by atoms with Crippen LogP contribution >= 0.6 is 0 Å². The number of carbonyl (C=O) groups is 2. The van der Waals surface area contributed by atoms with E-state index in [0.717, 1.165) is 12.5 Å². The van der Waals surface area contributed by atoms with Gasteiger partial charge in [0.1, 0.15) is 0 Å². The molecule has 116 valence electrons. The van der Waals surface area contributed by atoms with Gasteiger partial charge in [-0.15, -0.1) is 0 Å². The molecule has 0 unspecified atom stereocenters. The standard InChI is InChI=1S/C15H19F2NO3/c1-21-14(20)8-3-2-4-9-18-13(19)10-11-6-5-7-12(16)15(11)17/h5-7H,2-4,8-10H2,1H3,(H,18,19). The molecule has 0 aliphatic carbocycles. The Kier molecular flexibility index (Phi) is 7.36. The average molecular weight is 299 g/mol. The maximum atomic E-state index is 13.4. The van der Waals surface area contributed by atoms with Gasteiger partial charge in [-0.25, -0.2) is 8.78 Å². The first-order valence-corrected chi connectivity index (χ1v) is 6.81. The number of unbranched alkanes of at least 4 members (excludes halogenated alkanes) is 2. The summed E-state index contributed by atoms with van der Waals surface area (Å²) < 4.78 is 30.8. The fourth-order valence-corrected chi connectivity index (χ4v) is 1.82. The van der Waals surface area contributed by atoms with E-state index < -0.39 is 11.6 Å². The van der Waals surface area contributed by atoms with Gasteiger partial charge in [0.2, 0.25) is 5.91 Å². The number of amides is 1. The summed E-state index contributed by atoms with van der Waals surface area (Å²) in [6.45, 7) is 0.441. The Morgan fingerprint density at radius 2 is 1.95 bits per heavy atom. The van der Waals surface area contributed by atoms with Crippen LogP contribution in [-0.4, -0.2) is 25.5 Å². The second-order valence-corrected chi connectivity index (χ2v) is 4.63. The number of halogens is 2. The van der Waals surface area contributed by atoms with Gasteiger partial charge in [-0.05, 0) is 18.9 Å². The molecule has 0 fully saturated rings. The summed E-state index contributed by atoms with van der Waals surface area (Å²) in [5.74, 6) is -2.54. The number of methoxy groups -OCH3 is 1. The van der Waals surface area contributed by atoms with E-state index in [-0.39, 0.29) is 23.9 Å². The van der Waals surface area contributed by atoms with E-state index in [1.54, 1.807) is 0 Å². The highest BCUT2D eigenvalue weighted by Gasteiger charge is 2.11. The number of carbonyl (C=O) groups excluding carboxylic acids is 2. The van der Waals surface area contributed by atoms with Crippen LogP contribution in [0.25, 0.3) is 0 Å². The van der Waals surface area contributed by atoms with Crippen LogP contribution < -0.4 is 5.32 Å². The van der Waals surface area contributed by atoms with E-state index >= 15 is 0 Å². The zero-order chi connectivity index (χ0) is 15.7. The molecule has 1 amide bonds. The first-order chi connectivity index (χ1) is 10.0. The monoisotopic (exact) mass is 299 g/mol. The van der Waals surface area contributed by atoms with Crippen molar-refractivity contribution in [2.45, 2.75) is 32.1 Å². The minimum Gasteiger partial charge on any atom is -0.469 e. The van der Waals surface area contributed by atoms with Gasteiger partial charge in [-0.3, -0.25) is 9.59 Å². The number of ether oxygens (including phenoxy) is 1. The molecule has 21 heavy (non-hydrogen) atoms. The minimum atomic E-state index is -0.981. The Morgan fingerprint density at radius 3 is 2.67 bits per heavy atom. The molecule has 1 aromatic carbocycles. The van der Waals surface area contributed by atoms with Crippen LogP contribution in [0.2, 0.25) is 0 Å².